The number of aromatic amines is 1. The topological polar surface area (TPSA) is 91.4 Å². The molecule has 0 saturated carbocycles. The largest absolute Gasteiger partial charge is 0.340 e. The number of halogens is 1. The van der Waals surface area contributed by atoms with Gasteiger partial charge in [-0.3, -0.25) is 10.1 Å². The molecule has 4 rings (SSSR count). The van der Waals surface area contributed by atoms with E-state index >= 15 is 0 Å². The Labute approximate surface area is 142 Å². The quantitative estimate of drug-likeness (QED) is 0.523. The second-order valence-corrected chi connectivity index (χ2v) is 5.45. The number of anilines is 4. The van der Waals surface area contributed by atoms with Crippen LogP contribution in [0.4, 0.5) is 23.0 Å². The van der Waals surface area contributed by atoms with E-state index in [4.69, 9.17) is 11.6 Å². The van der Waals surface area contributed by atoms with Crippen LogP contribution in [0.5, 0.6) is 0 Å². The van der Waals surface area contributed by atoms with E-state index in [1.807, 2.05) is 36.4 Å². The molecule has 0 aliphatic rings. The lowest BCUT2D eigenvalue weighted by molar-refractivity contribution is 1.09. The fourth-order valence-corrected chi connectivity index (χ4v) is 2.51. The Bertz CT molecular complexity index is 984. The number of rotatable bonds is 4. The van der Waals surface area contributed by atoms with Crippen molar-refractivity contribution in [2.45, 2.75) is 0 Å². The van der Waals surface area contributed by atoms with E-state index in [0.29, 0.717) is 22.3 Å². The van der Waals surface area contributed by atoms with E-state index in [1.165, 1.54) is 6.33 Å². The second kappa shape index (κ2) is 6.13. The zero-order chi connectivity index (χ0) is 16.4. The third-order valence-corrected chi connectivity index (χ3v) is 3.62. The SMILES string of the molecule is Clc1cccc(Nc2ncnc3n[nH]c(Nc4ccncc4)c23)c1. The van der Waals surface area contributed by atoms with Gasteiger partial charge in [-0.1, -0.05) is 17.7 Å². The Hall–Kier alpha value is -3.19. The van der Waals surface area contributed by atoms with E-state index in [1.54, 1.807) is 12.4 Å². The van der Waals surface area contributed by atoms with Crippen molar-refractivity contribution in [3.05, 3.63) is 60.1 Å². The molecule has 8 heteroatoms. The van der Waals surface area contributed by atoms with Crippen LogP contribution in [-0.4, -0.2) is 25.1 Å². The van der Waals surface area contributed by atoms with Crippen LogP contribution in [0.15, 0.2) is 55.1 Å². The summed E-state index contributed by atoms with van der Waals surface area (Å²) in [6.45, 7) is 0. The normalized spacial score (nSPS) is 10.7. The van der Waals surface area contributed by atoms with Gasteiger partial charge in [-0.15, -0.1) is 0 Å². The van der Waals surface area contributed by atoms with Gasteiger partial charge in [0.2, 0.25) is 0 Å². The molecule has 0 atom stereocenters. The summed E-state index contributed by atoms with van der Waals surface area (Å²) in [6.07, 6.45) is 4.89. The molecule has 24 heavy (non-hydrogen) atoms. The van der Waals surface area contributed by atoms with Crippen molar-refractivity contribution < 1.29 is 0 Å². The number of nitrogens with one attached hydrogen (secondary N) is 3. The third-order valence-electron chi connectivity index (χ3n) is 3.39. The van der Waals surface area contributed by atoms with Gasteiger partial charge in [0.25, 0.3) is 0 Å². The molecule has 3 aromatic heterocycles. The summed E-state index contributed by atoms with van der Waals surface area (Å²) in [6, 6.07) is 11.1. The molecule has 0 aliphatic heterocycles. The van der Waals surface area contributed by atoms with Gasteiger partial charge in [0.05, 0.1) is 0 Å². The molecule has 4 aromatic rings. The van der Waals surface area contributed by atoms with Crippen LogP contribution in [0.1, 0.15) is 0 Å². The molecule has 0 amide bonds. The fraction of sp³-hybridized carbons (Fsp3) is 0. The summed E-state index contributed by atoms with van der Waals surface area (Å²) in [7, 11) is 0. The number of aromatic nitrogens is 5. The molecule has 0 unspecified atom stereocenters. The van der Waals surface area contributed by atoms with E-state index in [9.17, 15) is 0 Å². The van der Waals surface area contributed by atoms with Crippen molar-refractivity contribution in [1.29, 1.82) is 0 Å². The lowest BCUT2D eigenvalue weighted by atomic mass is 10.3. The maximum absolute atomic E-state index is 6.04. The first-order valence-corrected chi connectivity index (χ1v) is 7.56. The van der Waals surface area contributed by atoms with E-state index < -0.39 is 0 Å². The molecule has 0 aliphatic carbocycles. The first-order chi connectivity index (χ1) is 11.8. The number of benzene rings is 1. The van der Waals surface area contributed by atoms with E-state index in [-0.39, 0.29) is 0 Å². The zero-order valence-corrected chi connectivity index (χ0v) is 13.1. The summed E-state index contributed by atoms with van der Waals surface area (Å²) in [5.74, 6) is 1.33. The standard InChI is InChI=1S/C16H12ClN7/c17-10-2-1-3-12(8-10)22-14-13-15(20-9-19-14)23-24-16(13)21-11-4-6-18-7-5-11/h1-9H,(H3,18,19,20,21,22,23,24). The molecule has 7 nitrogen and oxygen atoms in total. The van der Waals surface area contributed by atoms with E-state index in [0.717, 1.165) is 16.8 Å². The highest BCUT2D eigenvalue weighted by Crippen LogP contribution is 2.30. The minimum absolute atomic E-state index is 0.561. The number of pyridine rings is 1. The van der Waals surface area contributed by atoms with Gasteiger partial charge in [0.15, 0.2) is 5.65 Å². The smallest absolute Gasteiger partial charge is 0.188 e. The number of hydrogen-bond acceptors (Lipinski definition) is 6. The fourth-order valence-electron chi connectivity index (χ4n) is 2.32. The summed E-state index contributed by atoms with van der Waals surface area (Å²) in [4.78, 5) is 12.5. The average molecular weight is 338 g/mol. The Morgan fingerprint density at radius 3 is 2.67 bits per heavy atom. The highest BCUT2D eigenvalue weighted by atomic mass is 35.5. The molecule has 1 aromatic carbocycles. The van der Waals surface area contributed by atoms with Crippen molar-refractivity contribution in [3.63, 3.8) is 0 Å². The zero-order valence-electron chi connectivity index (χ0n) is 12.4. The maximum atomic E-state index is 6.04. The lowest BCUT2D eigenvalue weighted by Gasteiger charge is -2.09. The predicted octanol–water partition coefficient (Wildman–Crippen LogP) is 3.89. The molecule has 3 heterocycles. The molecule has 3 N–H and O–H groups in total. The number of nitrogens with zero attached hydrogens (tertiary/aromatic N) is 4. The highest BCUT2D eigenvalue weighted by molar-refractivity contribution is 6.30. The lowest BCUT2D eigenvalue weighted by Crippen LogP contribution is -1.97. The van der Waals surface area contributed by atoms with Gasteiger partial charge in [-0.25, -0.2) is 9.97 Å². The van der Waals surface area contributed by atoms with E-state index in [2.05, 4.69) is 35.8 Å². The van der Waals surface area contributed by atoms with Crippen molar-refractivity contribution in [1.82, 2.24) is 25.1 Å². The number of H-pyrrole nitrogens is 1. The monoisotopic (exact) mass is 337 g/mol. The summed E-state index contributed by atoms with van der Waals surface area (Å²) < 4.78 is 0. The van der Waals surface area contributed by atoms with Gasteiger partial charge in [-0.2, -0.15) is 5.10 Å². The molecule has 0 saturated heterocycles. The molecular formula is C16H12ClN7. The van der Waals surface area contributed by atoms with Crippen molar-refractivity contribution in [3.8, 4) is 0 Å². The van der Waals surface area contributed by atoms with Crippen molar-refractivity contribution in [2.24, 2.45) is 0 Å². The molecule has 118 valence electrons. The number of hydrogen-bond donors (Lipinski definition) is 3. The summed E-state index contributed by atoms with van der Waals surface area (Å²) >= 11 is 6.04. The van der Waals surface area contributed by atoms with Crippen molar-refractivity contribution >= 4 is 45.6 Å². The van der Waals surface area contributed by atoms with Crippen LogP contribution in [0.2, 0.25) is 5.02 Å². The van der Waals surface area contributed by atoms with Crippen LogP contribution in [0.25, 0.3) is 11.0 Å². The van der Waals surface area contributed by atoms with Gasteiger partial charge in [0.1, 0.15) is 23.3 Å². The molecule has 0 fully saturated rings. The van der Waals surface area contributed by atoms with Gasteiger partial charge >= 0.3 is 0 Å². The second-order valence-electron chi connectivity index (χ2n) is 5.02. The predicted molar refractivity (Wildman–Crippen MR) is 93.9 cm³/mol. The Morgan fingerprint density at radius 2 is 1.83 bits per heavy atom. The minimum Gasteiger partial charge on any atom is -0.340 e. The summed E-state index contributed by atoms with van der Waals surface area (Å²) in [5.41, 5.74) is 2.28. The Balaban J connectivity index is 1.74. The first-order valence-electron chi connectivity index (χ1n) is 7.18. The van der Waals surface area contributed by atoms with Crippen LogP contribution >= 0.6 is 11.6 Å². The average Bonchev–Trinajstić information content (AvgIpc) is 3.00. The van der Waals surface area contributed by atoms with Crippen LogP contribution < -0.4 is 10.6 Å². The van der Waals surface area contributed by atoms with Gasteiger partial charge in [-0.05, 0) is 30.3 Å². The summed E-state index contributed by atoms with van der Waals surface area (Å²) in [5, 5.41) is 15.1. The van der Waals surface area contributed by atoms with Gasteiger partial charge < -0.3 is 10.6 Å². The van der Waals surface area contributed by atoms with Gasteiger partial charge in [0, 0.05) is 28.8 Å². The van der Waals surface area contributed by atoms with Crippen LogP contribution in [-0.2, 0) is 0 Å². The van der Waals surface area contributed by atoms with Crippen LogP contribution in [0.3, 0.4) is 0 Å². The van der Waals surface area contributed by atoms with Crippen LogP contribution in [0, 0.1) is 0 Å². The first kappa shape index (κ1) is 14.4. The minimum atomic E-state index is 0.561. The van der Waals surface area contributed by atoms with Crippen molar-refractivity contribution in [2.75, 3.05) is 10.6 Å². The molecular weight excluding hydrogens is 326 g/mol. The molecule has 0 radical (unpaired) electrons. The highest BCUT2D eigenvalue weighted by Gasteiger charge is 2.13. The maximum Gasteiger partial charge on any atom is 0.188 e. The Kier molecular flexibility index (Phi) is 3.68. The molecule has 0 bridgehead atoms. The third kappa shape index (κ3) is 2.84. The Morgan fingerprint density at radius 1 is 0.958 bits per heavy atom. The number of fused-ring (bicyclic) bond motifs is 1. The molecule has 0 spiro atoms.